The van der Waals surface area contributed by atoms with Crippen molar-refractivity contribution in [3.63, 3.8) is 0 Å². The molecule has 0 saturated heterocycles. The Morgan fingerprint density at radius 1 is 1.06 bits per heavy atom. The minimum atomic E-state index is -0.353. The molecular formula is C13H12O3. The average Bonchev–Trinajstić information content (AvgIpc) is 2.27. The van der Waals surface area contributed by atoms with E-state index in [0.29, 0.717) is 11.5 Å². The molecule has 0 aliphatic rings. The summed E-state index contributed by atoms with van der Waals surface area (Å²) in [5, 5.41) is 2.06. The zero-order valence-corrected chi connectivity index (χ0v) is 9.19. The fraction of sp³-hybridized carbons (Fsp3) is 0.154. The predicted molar refractivity (Wildman–Crippen MR) is 61.8 cm³/mol. The summed E-state index contributed by atoms with van der Waals surface area (Å²) in [5.41, 5.74) is 0. The number of esters is 1. The lowest BCUT2D eigenvalue weighted by Gasteiger charge is -2.09. The van der Waals surface area contributed by atoms with Crippen molar-refractivity contribution in [2.24, 2.45) is 0 Å². The minimum absolute atomic E-state index is 0.353. The van der Waals surface area contributed by atoms with Crippen LogP contribution in [0.5, 0.6) is 11.5 Å². The maximum atomic E-state index is 10.9. The minimum Gasteiger partial charge on any atom is -0.493 e. The highest BCUT2D eigenvalue weighted by Crippen LogP contribution is 2.32. The van der Waals surface area contributed by atoms with Crippen LogP contribution < -0.4 is 9.47 Å². The number of rotatable bonds is 2. The molecule has 0 saturated carbocycles. The van der Waals surface area contributed by atoms with Gasteiger partial charge in [0.15, 0.2) is 11.5 Å². The first kappa shape index (κ1) is 10.5. The van der Waals surface area contributed by atoms with Crippen molar-refractivity contribution in [2.45, 2.75) is 6.92 Å². The Kier molecular flexibility index (Phi) is 2.77. The standard InChI is InChI=1S/C13H12O3/c1-9(14)16-13-8-11-6-4-3-5-10(11)7-12(13)15-2/h3-8H,1-2H3. The summed E-state index contributed by atoms with van der Waals surface area (Å²) in [7, 11) is 1.55. The lowest BCUT2D eigenvalue weighted by molar-refractivity contribution is -0.131. The SMILES string of the molecule is COc1cc2ccccc2cc1OC(C)=O. The van der Waals surface area contributed by atoms with Crippen LogP contribution in [-0.2, 0) is 4.79 Å². The fourth-order valence-corrected chi connectivity index (χ4v) is 1.59. The van der Waals surface area contributed by atoms with Crippen molar-refractivity contribution in [3.8, 4) is 11.5 Å². The van der Waals surface area contributed by atoms with Crippen LogP contribution in [0.2, 0.25) is 0 Å². The molecule has 0 aliphatic carbocycles. The monoisotopic (exact) mass is 216 g/mol. The number of methoxy groups -OCH3 is 1. The summed E-state index contributed by atoms with van der Waals surface area (Å²) < 4.78 is 10.3. The molecular weight excluding hydrogens is 204 g/mol. The highest BCUT2D eigenvalue weighted by atomic mass is 16.6. The van der Waals surface area contributed by atoms with Crippen LogP contribution in [0.1, 0.15) is 6.92 Å². The molecule has 2 aromatic rings. The van der Waals surface area contributed by atoms with Crippen molar-refractivity contribution < 1.29 is 14.3 Å². The first-order chi connectivity index (χ1) is 7.70. The van der Waals surface area contributed by atoms with Crippen LogP contribution in [-0.4, -0.2) is 13.1 Å². The van der Waals surface area contributed by atoms with Gasteiger partial charge in [0.2, 0.25) is 0 Å². The Bertz CT molecular complexity index is 532. The molecule has 0 spiro atoms. The highest BCUT2D eigenvalue weighted by Gasteiger charge is 2.08. The van der Waals surface area contributed by atoms with Crippen molar-refractivity contribution in [1.29, 1.82) is 0 Å². The van der Waals surface area contributed by atoms with E-state index in [1.165, 1.54) is 6.92 Å². The molecule has 0 fully saturated rings. The molecule has 2 aromatic carbocycles. The van der Waals surface area contributed by atoms with Crippen molar-refractivity contribution >= 4 is 16.7 Å². The lowest BCUT2D eigenvalue weighted by Crippen LogP contribution is -2.02. The fourth-order valence-electron chi connectivity index (χ4n) is 1.59. The third-order valence-corrected chi connectivity index (χ3v) is 2.29. The molecule has 0 N–H and O–H groups in total. The van der Waals surface area contributed by atoms with Gasteiger partial charge in [-0.15, -0.1) is 0 Å². The van der Waals surface area contributed by atoms with Gasteiger partial charge in [-0.25, -0.2) is 0 Å². The zero-order valence-electron chi connectivity index (χ0n) is 9.19. The molecule has 0 aromatic heterocycles. The molecule has 0 radical (unpaired) electrons. The average molecular weight is 216 g/mol. The second-order valence-corrected chi connectivity index (χ2v) is 3.44. The van der Waals surface area contributed by atoms with Gasteiger partial charge in [0.05, 0.1) is 7.11 Å². The van der Waals surface area contributed by atoms with E-state index < -0.39 is 0 Å². The largest absolute Gasteiger partial charge is 0.493 e. The van der Waals surface area contributed by atoms with Gasteiger partial charge < -0.3 is 9.47 Å². The summed E-state index contributed by atoms with van der Waals surface area (Å²) in [6.07, 6.45) is 0. The third kappa shape index (κ3) is 1.98. The van der Waals surface area contributed by atoms with E-state index in [-0.39, 0.29) is 5.97 Å². The molecule has 2 rings (SSSR count). The van der Waals surface area contributed by atoms with Crippen LogP contribution in [0.15, 0.2) is 36.4 Å². The van der Waals surface area contributed by atoms with Gasteiger partial charge in [-0.3, -0.25) is 4.79 Å². The Labute approximate surface area is 93.6 Å². The van der Waals surface area contributed by atoms with Crippen LogP contribution in [0.3, 0.4) is 0 Å². The van der Waals surface area contributed by atoms with Crippen LogP contribution in [0.25, 0.3) is 10.8 Å². The van der Waals surface area contributed by atoms with Crippen LogP contribution in [0.4, 0.5) is 0 Å². The summed E-state index contributed by atoms with van der Waals surface area (Å²) in [6.45, 7) is 1.37. The van der Waals surface area contributed by atoms with Gasteiger partial charge >= 0.3 is 5.97 Å². The number of benzene rings is 2. The Morgan fingerprint density at radius 2 is 1.62 bits per heavy atom. The first-order valence-corrected chi connectivity index (χ1v) is 4.96. The molecule has 0 amide bonds. The van der Waals surface area contributed by atoms with E-state index in [4.69, 9.17) is 9.47 Å². The summed E-state index contributed by atoms with van der Waals surface area (Å²) in [4.78, 5) is 10.9. The second-order valence-electron chi connectivity index (χ2n) is 3.44. The first-order valence-electron chi connectivity index (χ1n) is 4.96. The number of hydrogen-bond acceptors (Lipinski definition) is 3. The van der Waals surface area contributed by atoms with Crippen molar-refractivity contribution in [2.75, 3.05) is 7.11 Å². The smallest absolute Gasteiger partial charge is 0.308 e. The Hall–Kier alpha value is -2.03. The van der Waals surface area contributed by atoms with Crippen molar-refractivity contribution in [3.05, 3.63) is 36.4 Å². The van der Waals surface area contributed by atoms with Gasteiger partial charge in [0.25, 0.3) is 0 Å². The summed E-state index contributed by atoms with van der Waals surface area (Å²) in [6, 6.07) is 11.5. The number of fused-ring (bicyclic) bond motifs is 1. The lowest BCUT2D eigenvalue weighted by atomic mass is 10.1. The van der Waals surface area contributed by atoms with E-state index in [9.17, 15) is 4.79 Å². The molecule has 16 heavy (non-hydrogen) atoms. The summed E-state index contributed by atoms with van der Waals surface area (Å²) >= 11 is 0. The van der Waals surface area contributed by atoms with Gasteiger partial charge in [0.1, 0.15) is 0 Å². The zero-order chi connectivity index (χ0) is 11.5. The molecule has 0 aliphatic heterocycles. The Balaban J connectivity index is 2.58. The Morgan fingerprint density at radius 3 is 2.12 bits per heavy atom. The topological polar surface area (TPSA) is 35.5 Å². The van der Waals surface area contributed by atoms with E-state index in [0.717, 1.165) is 10.8 Å². The maximum Gasteiger partial charge on any atom is 0.308 e. The van der Waals surface area contributed by atoms with E-state index >= 15 is 0 Å². The van der Waals surface area contributed by atoms with Gasteiger partial charge in [0, 0.05) is 6.92 Å². The molecule has 0 atom stereocenters. The van der Waals surface area contributed by atoms with Gasteiger partial charge in [-0.2, -0.15) is 0 Å². The van der Waals surface area contributed by atoms with Crippen LogP contribution >= 0.6 is 0 Å². The second kappa shape index (κ2) is 4.23. The van der Waals surface area contributed by atoms with Crippen molar-refractivity contribution in [1.82, 2.24) is 0 Å². The molecule has 3 nitrogen and oxygen atoms in total. The van der Waals surface area contributed by atoms with E-state index in [2.05, 4.69) is 0 Å². The van der Waals surface area contributed by atoms with Gasteiger partial charge in [-0.05, 0) is 22.9 Å². The normalized spacial score (nSPS) is 10.1. The molecule has 82 valence electrons. The maximum absolute atomic E-state index is 10.9. The number of ether oxygens (including phenoxy) is 2. The molecule has 3 heteroatoms. The number of carbonyl (C=O) groups excluding carboxylic acids is 1. The van der Waals surface area contributed by atoms with E-state index in [1.54, 1.807) is 13.2 Å². The van der Waals surface area contributed by atoms with Crippen LogP contribution in [0, 0.1) is 0 Å². The number of hydrogen-bond donors (Lipinski definition) is 0. The highest BCUT2D eigenvalue weighted by molar-refractivity contribution is 5.87. The molecule has 0 heterocycles. The molecule has 0 unspecified atom stereocenters. The van der Waals surface area contributed by atoms with Gasteiger partial charge in [-0.1, -0.05) is 24.3 Å². The van der Waals surface area contributed by atoms with E-state index in [1.807, 2.05) is 30.3 Å². The quantitative estimate of drug-likeness (QED) is 0.572. The third-order valence-electron chi connectivity index (χ3n) is 2.29. The number of carbonyl (C=O) groups is 1. The summed E-state index contributed by atoms with van der Waals surface area (Å²) in [5.74, 6) is 0.663. The predicted octanol–water partition coefficient (Wildman–Crippen LogP) is 2.77. The molecule has 0 bridgehead atoms.